The highest BCUT2D eigenvalue weighted by molar-refractivity contribution is 8.08. The van der Waals surface area contributed by atoms with Crippen molar-refractivity contribution in [3.8, 4) is 0 Å². The zero-order valence-corrected chi connectivity index (χ0v) is 13.8. The summed E-state index contributed by atoms with van der Waals surface area (Å²) in [6.45, 7) is -3.53. The molecular formula is C9H14N3O7P2S+. The summed E-state index contributed by atoms with van der Waals surface area (Å²) in [5.74, 6) is 0. The molecular weight excluding hydrogens is 356 g/mol. The monoisotopic (exact) mass is 370 g/mol. The van der Waals surface area contributed by atoms with E-state index in [9.17, 15) is 19.0 Å². The smallest absolute Gasteiger partial charge is 0.349 e. The molecule has 0 spiro atoms. The normalized spacial score (nSPS) is 27.8. The second-order valence-corrected chi connectivity index (χ2v) is 7.85. The fourth-order valence-electron chi connectivity index (χ4n) is 2.10. The van der Waals surface area contributed by atoms with Gasteiger partial charge in [0.15, 0.2) is 0 Å². The molecule has 1 aromatic heterocycles. The van der Waals surface area contributed by atoms with Crippen LogP contribution in [0.3, 0.4) is 0 Å². The number of hydrogen-bond acceptors (Lipinski definition) is 7. The Balaban J connectivity index is 2.21. The van der Waals surface area contributed by atoms with Gasteiger partial charge in [-0.05, 0) is 16.4 Å². The number of ether oxygens (including phenoxy) is 1. The van der Waals surface area contributed by atoms with Crippen LogP contribution in [0.1, 0.15) is 12.6 Å². The largest absolute Gasteiger partial charge is 0.494 e. The van der Waals surface area contributed by atoms with E-state index in [1.807, 2.05) is 0 Å². The molecule has 0 bridgehead atoms. The Morgan fingerprint density at radius 2 is 2.36 bits per heavy atom. The summed E-state index contributed by atoms with van der Waals surface area (Å²) < 4.78 is 27.2. The number of nitrogens with zero attached hydrogens (tertiary/aromatic N) is 1. The van der Waals surface area contributed by atoms with Gasteiger partial charge in [0.1, 0.15) is 18.9 Å². The number of aromatic nitrogens is 2. The number of rotatable bonds is 6. The molecule has 122 valence electrons. The standard InChI is InChI=1S/C9H13N3O7P2S/c10-21(16,22)19-5-3-8(18-6(5)4-17-20-15)12-2-1-7(13)11-9(12)14/h1-2,5-6,8,20H,3-4H2,(H3-,10,11,13,14,16,22)/p+1/t5?,6-,8-,21?/m1/s1. The molecule has 5 atom stereocenters. The lowest BCUT2D eigenvalue weighted by molar-refractivity contribution is -0.0352. The lowest BCUT2D eigenvalue weighted by Crippen LogP contribution is -2.31. The van der Waals surface area contributed by atoms with Gasteiger partial charge < -0.3 is 14.2 Å². The van der Waals surface area contributed by atoms with E-state index in [-0.39, 0.29) is 13.0 Å². The van der Waals surface area contributed by atoms with Gasteiger partial charge in [-0.15, -0.1) is 4.52 Å². The van der Waals surface area contributed by atoms with Crippen molar-refractivity contribution in [2.45, 2.75) is 24.9 Å². The molecule has 1 aliphatic rings. The summed E-state index contributed by atoms with van der Waals surface area (Å²) in [6, 6.07) is 1.17. The summed E-state index contributed by atoms with van der Waals surface area (Å²) in [6.07, 6.45) is -0.791. The van der Waals surface area contributed by atoms with Crippen molar-refractivity contribution in [1.82, 2.24) is 9.55 Å². The van der Waals surface area contributed by atoms with Crippen LogP contribution in [0.15, 0.2) is 21.9 Å². The van der Waals surface area contributed by atoms with Crippen LogP contribution < -0.4 is 16.8 Å². The minimum absolute atomic E-state index is 0.0868. The molecule has 0 saturated carbocycles. The van der Waals surface area contributed by atoms with Crippen molar-refractivity contribution in [2.24, 2.45) is 5.50 Å². The molecule has 0 aliphatic carbocycles. The average molecular weight is 370 g/mol. The molecule has 10 nitrogen and oxygen atoms in total. The molecule has 2 rings (SSSR count). The Morgan fingerprint density at radius 1 is 1.64 bits per heavy atom. The molecule has 1 saturated heterocycles. The Kier molecular flexibility index (Phi) is 5.76. The van der Waals surface area contributed by atoms with Crippen LogP contribution in [0.4, 0.5) is 0 Å². The second-order valence-electron chi connectivity index (χ2n) is 4.48. The third-order valence-electron chi connectivity index (χ3n) is 2.93. The van der Waals surface area contributed by atoms with Crippen LogP contribution in [0.2, 0.25) is 0 Å². The van der Waals surface area contributed by atoms with Crippen molar-refractivity contribution < 1.29 is 23.2 Å². The van der Waals surface area contributed by atoms with Crippen LogP contribution in [0, 0.1) is 0 Å². The Hall–Kier alpha value is -0.770. The molecule has 0 aromatic carbocycles. The summed E-state index contributed by atoms with van der Waals surface area (Å²) in [4.78, 5) is 34.4. The molecule has 13 heteroatoms. The molecule has 1 aliphatic heterocycles. The van der Waals surface area contributed by atoms with Crippen molar-refractivity contribution in [3.05, 3.63) is 33.1 Å². The first-order valence-corrected chi connectivity index (χ1v) is 9.61. The van der Waals surface area contributed by atoms with E-state index in [2.05, 4.69) is 16.8 Å². The lowest BCUT2D eigenvalue weighted by Gasteiger charge is -2.19. The van der Waals surface area contributed by atoms with Crippen molar-refractivity contribution >= 4 is 27.1 Å². The number of nitrogens with two attached hydrogens (primary N) is 1. The minimum Gasteiger partial charge on any atom is -0.349 e. The van der Waals surface area contributed by atoms with Crippen LogP contribution in [0.5, 0.6) is 0 Å². The third kappa shape index (κ3) is 4.61. The third-order valence-corrected chi connectivity index (χ3v) is 4.05. The Labute approximate surface area is 130 Å². The molecule has 4 N–H and O–H groups in total. The fraction of sp³-hybridized carbons (Fsp3) is 0.556. The van der Waals surface area contributed by atoms with Gasteiger partial charge >= 0.3 is 14.4 Å². The van der Waals surface area contributed by atoms with E-state index in [1.165, 1.54) is 12.3 Å². The zero-order valence-electron chi connectivity index (χ0n) is 11.1. The van der Waals surface area contributed by atoms with Crippen molar-refractivity contribution in [3.63, 3.8) is 0 Å². The van der Waals surface area contributed by atoms with Gasteiger partial charge in [-0.2, -0.15) is 0 Å². The van der Waals surface area contributed by atoms with Crippen LogP contribution in [0.25, 0.3) is 0 Å². The highest BCUT2D eigenvalue weighted by atomic mass is 32.5. The topological polar surface area (TPSA) is 146 Å². The van der Waals surface area contributed by atoms with Gasteiger partial charge in [-0.3, -0.25) is 19.8 Å². The van der Waals surface area contributed by atoms with Crippen LogP contribution >= 0.6 is 15.3 Å². The SMILES string of the molecule is NP(O)(=S)OC1C[C@H](n2ccc(=O)[nH]c2=O)O[C@@H]1CO[PH+]=O. The first-order chi connectivity index (χ1) is 10.3. The lowest BCUT2D eigenvalue weighted by atomic mass is 10.2. The molecule has 0 amide bonds. The highest BCUT2D eigenvalue weighted by Crippen LogP contribution is 2.41. The second kappa shape index (κ2) is 7.20. The zero-order chi connectivity index (χ0) is 16.3. The van der Waals surface area contributed by atoms with Gasteiger partial charge in [0.25, 0.3) is 12.2 Å². The van der Waals surface area contributed by atoms with Gasteiger partial charge in [-0.25, -0.2) is 4.79 Å². The molecule has 2 heterocycles. The minimum atomic E-state index is -3.45. The van der Waals surface area contributed by atoms with Gasteiger partial charge in [0.05, 0.1) is 6.10 Å². The average Bonchev–Trinajstić information content (AvgIpc) is 2.76. The summed E-state index contributed by atoms with van der Waals surface area (Å²) in [7, 11) is -0.996. The van der Waals surface area contributed by atoms with E-state index in [0.717, 1.165) is 4.57 Å². The van der Waals surface area contributed by atoms with Crippen molar-refractivity contribution in [1.29, 1.82) is 0 Å². The summed E-state index contributed by atoms with van der Waals surface area (Å²) in [5, 5.41) is 0. The maximum atomic E-state index is 11.8. The fourth-order valence-corrected chi connectivity index (χ4v) is 3.27. The van der Waals surface area contributed by atoms with Gasteiger partial charge in [0.2, 0.25) is 0 Å². The molecule has 22 heavy (non-hydrogen) atoms. The number of H-pyrrole nitrogens is 1. The molecule has 0 radical (unpaired) electrons. The molecule has 1 aromatic rings. The van der Waals surface area contributed by atoms with E-state index >= 15 is 0 Å². The van der Waals surface area contributed by atoms with E-state index in [4.69, 9.17) is 19.3 Å². The first kappa shape index (κ1) is 17.6. The summed E-state index contributed by atoms with van der Waals surface area (Å²) >= 11 is 4.64. The molecule has 3 unspecified atom stereocenters. The highest BCUT2D eigenvalue weighted by Gasteiger charge is 2.40. The maximum Gasteiger partial charge on any atom is 0.494 e. The van der Waals surface area contributed by atoms with E-state index < -0.39 is 45.0 Å². The maximum absolute atomic E-state index is 11.8. The number of hydrogen-bond donors (Lipinski definition) is 3. The first-order valence-electron chi connectivity index (χ1n) is 6.06. The van der Waals surface area contributed by atoms with E-state index in [0.29, 0.717) is 0 Å². The number of nitrogens with one attached hydrogen (secondary N) is 1. The molecule has 1 fully saturated rings. The predicted octanol–water partition coefficient (Wildman–Crippen LogP) is -0.660. The Bertz CT molecular complexity index is 701. The van der Waals surface area contributed by atoms with Crippen molar-refractivity contribution in [2.75, 3.05) is 6.61 Å². The van der Waals surface area contributed by atoms with Gasteiger partial charge in [-0.1, -0.05) is 0 Å². The number of aromatic amines is 1. The van der Waals surface area contributed by atoms with Crippen LogP contribution in [-0.2, 0) is 30.2 Å². The predicted molar refractivity (Wildman–Crippen MR) is 80.4 cm³/mol. The summed E-state index contributed by atoms with van der Waals surface area (Å²) in [5.41, 5.74) is 4.14. The van der Waals surface area contributed by atoms with E-state index in [1.54, 1.807) is 0 Å². The quantitative estimate of drug-likeness (QED) is 0.555. The van der Waals surface area contributed by atoms with Gasteiger partial charge in [0, 0.05) is 18.7 Å². The van der Waals surface area contributed by atoms with Crippen LogP contribution in [-0.4, -0.2) is 33.3 Å². The Morgan fingerprint density at radius 3 is 2.95 bits per heavy atom.